The number of nitrogens with zero attached hydrogens (tertiary/aromatic N) is 2. The largest absolute Gasteiger partial charge is 0.328 e. The Morgan fingerprint density at radius 2 is 2.15 bits per heavy atom. The summed E-state index contributed by atoms with van der Waals surface area (Å²) in [6.45, 7) is 5.34. The molecule has 3 rings (SSSR count). The summed E-state index contributed by atoms with van der Waals surface area (Å²) in [5.41, 5.74) is 1.86. The summed E-state index contributed by atoms with van der Waals surface area (Å²) in [7, 11) is 0. The summed E-state index contributed by atoms with van der Waals surface area (Å²) in [5.74, 6) is 1.62. The summed E-state index contributed by atoms with van der Waals surface area (Å²) >= 11 is 0. The lowest BCUT2D eigenvalue weighted by Crippen LogP contribution is -2.29. The van der Waals surface area contributed by atoms with Gasteiger partial charge in [-0.2, -0.15) is 0 Å². The van der Waals surface area contributed by atoms with Gasteiger partial charge in [-0.15, -0.1) is 0 Å². The molecule has 3 nitrogen and oxygen atoms in total. The third-order valence-corrected chi connectivity index (χ3v) is 4.17. The van der Waals surface area contributed by atoms with Crippen molar-refractivity contribution in [2.45, 2.75) is 39.2 Å². The fraction of sp³-hybridized carbons (Fsp3) is 0.562. The number of benzene rings is 1. The molecule has 20 heavy (non-hydrogen) atoms. The van der Waals surface area contributed by atoms with E-state index in [1.807, 2.05) is 6.07 Å². The first-order valence-corrected chi connectivity index (χ1v) is 7.63. The van der Waals surface area contributed by atoms with Gasteiger partial charge in [-0.3, -0.25) is 0 Å². The highest BCUT2D eigenvalue weighted by atomic mass is 19.1. The van der Waals surface area contributed by atoms with Crippen molar-refractivity contribution in [3.05, 3.63) is 29.8 Å². The molecule has 1 N–H and O–H groups in total. The Kier molecular flexibility index (Phi) is 4.01. The minimum atomic E-state index is -0.202. The molecular formula is C16H22FN3. The molecule has 1 aliphatic rings. The highest BCUT2D eigenvalue weighted by Gasteiger charge is 2.18. The Bertz CT molecular complexity index is 585. The van der Waals surface area contributed by atoms with E-state index in [9.17, 15) is 4.39 Å². The fourth-order valence-electron chi connectivity index (χ4n) is 3.13. The molecule has 0 spiro atoms. The van der Waals surface area contributed by atoms with E-state index in [0.717, 1.165) is 49.3 Å². The van der Waals surface area contributed by atoms with Crippen molar-refractivity contribution in [1.82, 2.24) is 14.9 Å². The molecular weight excluding hydrogens is 253 g/mol. The summed E-state index contributed by atoms with van der Waals surface area (Å²) < 4.78 is 15.6. The van der Waals surface area contributed by atoms with Crippen LogP contribution in [0.25, 0.3) is 11.0 Å². The topological polar surface area (TPSA) is 29.9 Å². The van der Waals surface area contributed by atoms with Gasteiger partial charge in [0.1, 0.15) is 11.6 Å². The van der Waals surface area contributed by atoms with Crippen LogP contribution in [0, 0.1) is 11.7 Å². The lowest BCUT2D eigenvalue weighted by molar-refractivity contribution is 0.363. The second kappa shape index (κ2) is 5.92. The highest BCUT2D eigenvalue weighted by Crippen LogP contribution is 2.23. The van der Waals surface area contributed by atoms with Gasteiger partial charge in [0.15, 0.2) is 0 Å². The first-order valence-electron chi connectivity index (χ1n) is 7.63. The summed E-state index contributed by atoms with van der Waals surface area (Å²) in [6, 6.07) is 4.94. The molecule has 0 atom stereocenters. The smallest absolute Gasteiger partial charge is 0.125 e. The molecule has 1 aromatic heterocycles. The number of rotatable bonds is 4. The number of piperidine rings is 1. The lowest BCUT2D eigenvalue weighted by Gasteiger charge is -2.22. The molecule has 0 radical (unpaired) electrons. The molecule has 0 saturated carbocycles. The lowest BCUT2D eigenvalue weighted by atomic mass is 9.94. The minimum Gasteiger partial charge on any atom is -0.328 e. The van der Waals surface area contributed by atoms with E-state index >= 15 is 0 Å². The highest BCUT2D eigenvalue weighted by molar-refractivity contribution is 5.76. The number of aromatic nitrogens is 2. The van der Waals surface area contributed by atoms with Crippen LogP contribution in [0.2, 0.25) is 0 Å². The van der Waals surface area contributed by atoms with Gasteiger partial charge in [0, 0.05) is 19.0 Å². The number of hydrogen-bond acceptors (Lipinski definition) is 2. The van der Waals surface area contributed by atoms with Crippen LogP contribution < -0.4 is 5.32 Å². The zero-order chi connectivity index (χ0) is 13.9. The van der Waals surface area contributed by atoms with Crippen LogP contribution in [0.4, 0.5) is 4.39 Å². The van der Waals surface area contributed by atoms with Crippen molar-refractivity contribution in [3.63, 3.8) is 0 Å². The molecule has 0 unspecified atom stereocenters. The molecule has 0 bridgehead atoms. The third kappa shape index (κ3) is 2.70. The van der Waals surface area contributed by atoms with E-state index in [4.69, 9.17) is 0 Å². The van der Waals surface area contributed by atoms with Crippen molar-refractivity contribution in [2.24, 2.45) is 5.92 Å². The van der Waals surface area contributed by atoms with Gasteiger partial charge in [-0.25, -0.2) is 9.37 Å². The second-order valence-corrected chi connectivity index (χ2v) is 5.71. The van der Waals surface area contributed by atoms with E-state index in [-0.39, 0.29) is 5.82 Å². The Morgan fingerprint density at radius 3 is 2.90 bits per heavy atom. The zero-order valence-corrected chi connectivity index (χ0v) is 12.0. The number of hydrogen-bond donors (Lipinski definition) is 1. The maximum Gasteiger partial charge on any atom is 0.125 e. The van der Waals surface area contributed by atoms with E-state index in [1.54, 1.807) is 6.07 Å². The van der Waals surface area contributed by atoms with E-state index in [2.05, 4.69) is 21.8 Å². The molecule has 0 amide bonds. The van der Waals surface area contributed by atoms with Crippen molar-refractivity contribution >= 4 is 11.0 Å². The zero-order valence-electron chi connectivity index (χ0n) is 12.0. The third-order valence-electron chi connectivity index (χ3n) is 4.17. The van der Waals surface area contributed by atoms with E-state index in [1.165, 1.54) is 18.9 Å². The average molecular weight is 275 g/mol. The van der Waals surface area contributed by atoms with Gasteiger partial charge in [0.05, 0.1) is 11.0 Å². The van der Waals surface area contributed by atoms with Crippen LogP contribution in [-0.4, -0.2) is 22.6 Å². The molecule has 108 valence electrons. The van der Waals surface area contributed by atoms with Crippen molar-refractivity contribution in [3.8, 4) is 0 Å². The average Bonchev–Trinajstić information content (AvgIpc) is 2.77. The fourth-order valence-corrected chi connectivity index (χ4v) is 3.13. The van der Waals surface area contributed by atoms with Crippen molar-refractivity contribution in [2.75, 3.05) is 13.1 Å². The Labute approximate surface area is 119 Å². The molecule has 4 heteroatoms. The van der Waals surface area contributed by atoms with Gasteiger partial charge in [0.2, 0.25) is 0 Å². The van der Waals surface area contributed by atoms with Crippen LogP contribution in [0.3, 0.4) is 0 Å². The van der Waals surface area contributed by atoms with Crippen LogP contribution >= 0.6 is 0 Å². The maximum absolute atomic E-state index is 13.4. The molecule has 0 aliphatic carbocycles. The van der Waals surface area contributed by atoms with Crippen LogP contribution in [0.5, 0.6) is 0 Å². The Balaban J connectivity index is 1.93. The van der Waals surface area contributed by atoms with E-state index < -0.39 is 0 Å². The van der Waals surface area contributed by atoms with Crippen molar-refractivity contribution < 1.29 is 4.39 Å². The predicted molar refractivity (Wildman–Crippen MR) is 79.3 cm³/mol. The second-order valence-electron chi connectivity index (χ2n) is 5.71. The molecule has 2 heterocycles. The van der Waals surface area contributed by atoms with Gasteiger partial charge >= 0.3 is 0 Å². The van der Waals surface area contributed by atoms with Gasteiger partial charge in [-0.05, 0) is 50.4 Å². The molecule has 2 aromatic rings. The predicted octanol–water partition coefficient (Wildman–Crippen LogP) is 3.13. The number of nitrogens with one attached hydrogen (secondary N) is 1. The molecule has 1 aromatic carbocycles. The summed E-state index contributed by atoms with van der Waals surface area (Å²) in [5, 5.41) is 3.40. The van der Waals surface area contributed by atoms with Crippen LogP contribution in [-0.2, 0) is 13.0 Å². The van der Waals surface area contributed by atoms with Gasteiger partial charge in [0.25, 0.3) is 0 Å². The normalized spacial score (nSPS) is 16.9. The number of fused-ring (bicyclic) bond motifs is 1. The monoisotopic (exact) mass is 275 g/mol. The number of imidazole rings is 1. The summed E-state index contributed by atoms with van der Waals surface area (Å²) in [6.07, 6.45) is 4.51. The molecule has 1 aliphatic heterocycles. The van der Waals surface area contributed by atoms with Crippen LogP contribution in [0.1, 0.15) is 32.0 Å². The number of aryl methyl sites for hydroxylation is 1. The standard InChI is InChI=1S/C16H22FN3/c1-2-9-20-15-4-3-13(17)11-14(15)19-16(20)10-12-5-7-18-8-6-12/h3-4,11-12,18H,2,5-10H2,1H3. The van der Waals surface area contributed by atoms with Crippen LogP contribution in [0.15, 0.2) is 18.2 Å². The minimum absolute atomic E-state index is 0.202. The SMILES string of the molecule is CCCn1c(CC2CCNCC2)nc2cc(F)ccc21. The molecule has 1 fully saturated rings. The van der Waals surface area contributed by atoms with E-state index in [0.29, 0.717) is 5.92 Å². The first-order chi connectivity index (χ1) is 9.78. The quantitative estimate of drug-likeness (QED) is 0.929. The molecule has 1 saturated heterocycles. The Hall–Kier alpha value is -1.42. The Morgan fingerprint density at radius 1 is 1.35 bits per heavy atom. The maximum atomic E-state index is 13.4. The number of halogens is 1. The van der Waals surface area contributed by atoms with Gasteiger partial charge in [-0.1, -0.05) is 6.92 Å². The van der Waals surface area contributed by atoms with Crippen molar-refractivity contribution in [1.29, 1.82) is 0 Å². The first kappa shape index (κ1) is 13.6. The summed E-state index contributed by atoms with van der Waals surface area (Å²) in [4.78, 5) is 4.69. The van der Waals surface area contributed by atoms with Gasteiger partial charge < -0.3 is 9.88 Å².